The second kappa shape index (κ2) is 9.03. The minimum Gasteiger partial charge on any atom is -0.340 e. The quantitative estimate of drug-likeness (QED) is 0.688. The Morgan fingerprint density at radius 2 is 0.867 bits per heavy atom. The third kappa shape index (κ3) is 5.94. The number of benzene rings is 2. The van der Waals surface area contributed by atoms with Crippen molar-refractivity contribution in [3.63, 3.8) is 0 Å². The van der Waals surface area contributed by atoms with Gasteiger partial charge >= 0.3 is 0 Å². The van der Waals surface area contributed by atoms with Gasteiger partial charge < -0.3 is 9.80 Å². The van der Waals surface area contributed by atoms with Gasteiger partial charge in [0, 0.05) is 38.3 Å². The van der Waals surface area contributed by atoms with Crippen LogP contribution in [0.25, 0.3) is 0 Å². The molecule has 0 atom stereocenters. The van der Waals surface area contributed by atoms with Crippen LogP contribution in [0.5, 0.6) is 0 Å². The molecule has 2 amide bonds. The van der Waals surface area contributed by atoms with Gasteiger partial charge in [-0.1, -0.05) is 65.8 Å². The Morgan fingerprint density at radius 1 is 0.600 bits per heavy atom. The lowest BCUT2D eigenvalue weighted by atomic mass is 9.86. The van der Waals surface area contributed by atoms with E-state index in [4.69, 9.17) is 0 Å². The molecule has 0 aromatic heterocycles. The predicted molar refractivity (Wildman–Crippen MR) is 124 cm³/mol. The molecule has 2 aromatic carbocycles. The number of likely N-dealkylation sites (N-methyl/N-ethyl adjacent to an activating group) is 2. The smallest absolute Gasteiger partial charge is 0.253 e. The first-order valence-corrected chi connectivity index (χ1v) is 10.5. The Kier molecular flexibility index (Phi) is 7.12. The molecule has 0 aliphatic carbocycles. The molecule has 0 saturated carbocycles. The van der Waals surface area contributed by atoms with Gasteiger partial charge in [-0.15, -0.1) is 0 Å². The van der Waals surface area contributed by atoms with E-state index in [2.05, 4.69) is 41.5 Å². The molecule has 0 bridgehead atoms. The zero-order chi connectivity index (χ0) is 22.7. The Labute approximate surface area is 181 Å². The van der Waals surface area contributed by atoms with E-state index >= 15 is 0 Å². The number of hydrogen-bond acceptors (Lipinski definition) is 2. The highest BCUT2D eigenvalue weighted by Crippen LogP contribution is 2.23. The fourth-order valence-corrected chi connectivity index (χ4v) is 3.17. The summed E-state index contributed by atoms with van der Waals surface area (Å²) in [6.45, 7) is 13.9. The van der Waals surface area contributed by atoms with Gasteiger partial charge in [-0.05, 0) is 46.2 Å². The first-order valence-electron chi connectivity index (χ1n) is 10.5. The maximum absolute atomic E-state index is 12.7. The van der Waals surface area contributed by atoms with Crippen molar-refractivity contribution in [3.05, 3.63) is 70.8 Å². The molecule has 4 nitrogen and oxygen atoms in total. The second-order valence-corrected chi connectivity index (χ2v) is 10.1. The number of amides is 2. The summed E-state index contributed by atoms with van der Waals surface area (Å²) in [5, 5.41) is 0. The first kappa shape index (κ1) is 23.7. The largest absolute Gasteiger partial charge is 0.340 e. The summed E-state index contributed by atoms with van der Waals surface area (Å²) in [7, 11) is 3.55. The average Bonchev–Trinajstić information content (AvgIpc) is 2.69. The Morgan fingerprint density at radius 3 is 1.10 bits per heavy atom. The number of hydrogen-bond donors (Lipinski definition) is 0. The third-order valence-corrected chi connectivity index (χ3v) is 5.46. The van der Waals surface area contributed by atoms with E-state index < -0.39 is 0 Å². The van der Waals surface area contributed by atoms with Crippen molar-refractivity contribution in [2.24, 2.45) is 0 Å². The molecule has 2 rings (SSSR count). The minimum absolute atomic E-state index is 0.0363. The molecule has 162 valence electrons. The van der Waals surface area contributed by atoms with Crippen LogP contribution in [0.4, 0.5) is 0 Å². The number of nitrogens with zero attached hydrogens (tertiary/aromatic N) is 2. The van der Waals surface area contributed by atoms with E-state index in [0.29, 0.717) is 24.2 Å². The summed E-state index contributed by atoms with van der Waals surface area (Å²) in [5.74, 6) is -0.0725. The highest BCUT2D eigenvalue weighted by molar-refractivity contribution is 5.95. The molecule has 2 aromatic rings. The monoisotopic (exact) mass is 408 g/mol. The molecule has 0 aliphatic heterocycles. The molecule has 0 heterocycles. The molecule has 0 aliphatic rings. The topological polar surface area (TPSA) is 40.6 Å². The summed E-state index contributed by atoms with van der Waals surface area (Å²) in [4.78, 5) is 28.8. The van der Waals surface area contributed by atoms with Crippen LogP contribution in [0.2, 0.25) is 0 Å². The molecule has 30 heavy (non-hydrogen) atoms. The Hall–Kier alpha value is -2.62. The Bertz CT molecular complexity index is 794. The van der Waals surface area contributed by atoms with Gasteiger partial charge in [0.1, 0.15) is 0 Å². The molecule has 0 spiro atoms. The van der Waals surface area contributed by atoms with E-state index in [1.165, 1.54) is 11.1 Å². The van der Waals surface area contributed by atoms with Gasteiger partial charge in [0.05, 0.1) is 0 Å². The van der Waals surface area contributed by atoms with Crippen molar-refractivity contribution >= 4 is 11.8 Å². The molecule has 0 saturated heterocycles. The van der Waals surface area contributed by atoms with E-state index in [-0.39, 0.29) is 22.6 Å². The van der Waals surface area contributed by atoms with Crippen LogP contribution in [0.15, 0.2) is 48.5 Å². The van der Waals surface area contributed by atoms with Crippen molar-refractivity contribution in [3.8, 4) is 0 Å². The van der Waals surface area contributed by atoms with Gasteiger partial charge in [-0.2, -0.15) is 0 Å². The first-order chi connectivity index (χ1) is 13.8. The predicted octanol–water partition coefficient (Wildman–Crippen LogP) is 5.13. The molecule has 0 radical (unpaired) electrons. The lowest BCUT2D eigenvalue weighted by Crippen LogP contribution is -2.37. The molecule has 0 N–H and O–H groups in total. The number of carbonyl (C=O) groups excluding carboxylic acids is 2. The van der Waals surface area contributed by atoms with E-state index in [9.17, 15) is 9.59 Å². The van der Waals surface area contributed by atoms with Crippen LogP contribution in [-0.4, -0.2) is 48.8 Å². The van der Waals surface area contributed by atoms with Crippen LogP contribution in [0.1, 0.15) is 73.4 Å². The zero-order valence-corrected chi connectivity index (χ0v) is 19.7. The lowest BCUT2D eigenvalue weighted by Gasteiger charge is -2.24. The molecule has 4 heteroatoms. The van der Waals surface area contributed by atoms with Crippen molar-refractivity contribution < 1.29 is 9.59 Å². The molecular weight excluding hydrogens is 372 g/mol. The fourth-order valence-electron chi connectivity index (χ4n) is 3.17. The molecule has 0 unspecified atom stereocenters. The maximum Gasteiger partial charge on any atom is 0.253 e. The summed E-state index contributed by atoms with van der Waals surface area (Å²) >= 11 is 0. The van der Waals surface area contributed by atoms with E-state index in [1.54, 1.807) is 23.9 Å². The highest BCUT2D eigenvalue weighted by atomic mass is 16.2. The van der Waals surface area contributed by atoms with Gasteiger partial charge in [0.15, 0.2) is 0 Å². The lowest BCUT2D eigenvalue weighted by molar-refractivity contribution is 0.0718. The van der Waals surface area contributed by atoms with Gasteiger partial charge in [0.2, 0.25) is 0 Å². The normalized spacial score (nSPS) is 11.9. The second-order valence-electron chi connectivity index (χ2n) is 10.1. The summed E-state index contributed by atoms with van der Waals surface area (Å²) in [6, 6.07) is 15.6. The summed E-state index contributed by atoms with van der Waals surface area (Å²) in [5.41, 5.74) is 3.84. The highest BCUT2D eigenvalue weighted by Gasteiger charge is 2.19. The van der Waals surface area contributed by atoms with Crippen LogP contribution in [-0.2, 0) is 10.8 Å². The maximum atomic E-state index is 12.7. The van der Waals surface area contributed by atoms with Crippen molar-refractivity contribution in [2.45, 2.75) is 52.4 Å². The SMILES string of the molecule is CN(CCN(C)C(=O)c1ccc(C(C)(C)C)cc1)C(=O)c1ccc(C(C)(C)C)cc1. The van der Waals surface area contributed by atoms with Crippen molar-refractivity contribution in [1.82, 2.24) is 9.80 Å². The fraction of sp³-hybridized carbons (Fsp3) is 0.462. The molecular formula is C26H36N2O2. The van der Waals surface area contributed by atoms with Crippen LogP contribution >= 0.6 is 0 Å². The van der Waals surface area contributed by atoms with E-state index in [0.717, 1.165) is 0 Å². The van der Waals surface area contributed by atoms with Crippen LogP contribution < -0.4 is 0 Å². The van der Waals surface area contributed by atoms with E-state index in [1.807, 2.05) is 48.5 Å². The van der Waals surface area contributed by atoms with Gasteiger partial charge in [-0.25, -0.2) is 0 Å². The summed E-state index contributed by atoms with van der Waals surface area (Å²) in [6.07, 6.45) is 0. The Balaban J connectivity index is 1.95. The minimum atomic E-state index is -0.0363. The van der Waals surface area contributed by atoms with Gasteiger partial charge in [-0.3, -0.25) is 9.59 Å². The van der Waals surface area contributed by atoms with Crippen molar-refractivity contribution in [1.29, 1.82) is 0 Å². The summed E-state index contributed by atoms with van der Waals surface area (Å²) < 4.78 is 0. The zero-order valence-electron chi connectivity index (χ0n) is 19.7. The molecule has 0 fully saturated rings. The van der Waals surface area contributed by atoms with Crippen LogP contribution in [0.3, 0.4) is 0 Å². The standard InChI is InChI=1S/C26H36N2O2/c1-25(2,3)21-13-9-19(10-14-21)23(29)27(7)17-18-28(8)24(30)20-11-15-22(16-12-20)26(4,5)6/h9-16H,17-18H2,1-8H3. The van der Waals surface area contributed by atoms with Crippen LogP contribution in [0, 0.1) is 0 Å². The number of carbonyl (C=O) groups is 2. The average molecular weight is 409 g/mol. The third-order valence-electron chi connectivity index (χ3n) is 5.46. The van der Waals surface area contributed by atoms with Crippen molar-refractivity contribution in [2.75, 3.05) is 27.2 Å². The number of rotatable bonds is 5. The van der Waals surface area contributed by atoms with Gasteiger partial charge in [0.25, 0.3) is 11.8 Å².